The minimum absolute atomic E-state index is 0.0130. The fourth-order valence-electron chi connectivity index (χ4n) is 5.34. The maximum Gasteiger partial charge on any atom is 0.309 e. The number of fused-ring (bicyclic) bond motifs is 1. The smallest absolute Gasteiger partial charge is 0.309 e. The fourth-order valence-corrected chi connectivity index (χ4v) is 5.34. The van der Waals surface area contributed by atoms with Crippen LogP contribution in [0.2, 0.25) is 0 Å². The highest BCUT2D eigenvalue weighted by Crippen LogP contribution is 2.46. The minimum Gasteiger partial charge on any atom is -0.481 e. The summed E-state index contributed by atoms with van der Waals surface area (Å²) in [6.45, 7) is 6.16. The molecule has 2 heterocycles. The highest BCUT2D eigenvalue weighted by molar-refractivity contribution is 5.80. The number of carbonyl (C=O) groups is 2. The predicted molar refractivity (Wildman–Crippen MR) is 137 cm³/mol. The van der Waals surface area contributed by atoms with E-state index in [4.69, 9.17) is 4.42 Å². The average Bonchev–Trinajstić information content (AvgIpc) is 3.49. The van der Waals surface area contributed by atoms with Gasteiger partial charge < -0.3 is 14.4 Å². The quantitative estimate of drug-likeness (QED) is 0.362. The molecule has 0 unspecified atom stereocenters. The van der Waals surface area contributed by atoms with Crippen LogP contribution >= 0.6 is 0 Å². The zero-order chi connectivity index (χ0) is 25.7. The lowest BCUT2D eigenvalue weighted by molar-refractivity contribution is -0.144. The summed E-state index contributed by atoms with van der Waals surface area (Å²) in [5, 5.41) is 11.3. The molecule has 1 aliphatic heterocycles. The highest BCUT2D eigenvalue weighted by Gasteiger charge is 2.48. The Kier molecular flexibility index (Phi) is 8.41. The molecule has 1 aromatic heterocycles. The Balaban J connectivity index is 1.68. The third-order valence-corrected chi connectivity index (χ3v) is 7.25. The third-order valence-electron chi connectivity index (χ3n) is 7.25. The second kappa shape index (κ2) is 11.7. The summed E-state index contributed by atoms with van der Waals surface area (Å²) in [6.07, 6.45) is 5.48. The lowest BCUT2D eigenvalue weighted by Crippen LogP contribution is -2.42. The van der Waals surface area contributed by atoms with Crippen LogP contribution in [0.4, 0.5) is 4.39 Å². The van der Waals surface area contributed by atoms with Crippen molar-refractivity contribution >= 4 is 22.8 Å². The van der Waals surface area contributed by atoms with Gasteiger partial charge in [0.2, 0.25) is 5.91 Å². The van der Waals surface area contributed by atoms with E-state index in [0.29, 0.717) is 25.2 Å². The summed E-state index contributed by atoms with van der Waals surface area (Å²) in [5.74, 6) is -2.40. The summed E-state index contributed by atoms with van der Waals surface area (Å²) < 4.78 is 19.2. The highest BCUT2D eigenvalue weighted by atomic mass is 19.1. The Morgan fingerprint density at radius 1 is 1.03 bits per heavy atom. The van der Waals surface area contributed by atoms with Gasteiger partial charge in [0.25, 0.3) is 0 Å². The van der Waals surface area contributed by atoms with Crippen molar-refractivity contribution in [2.75, 3.05) is 26.2 Å². The number of carbonyl (C=O) groups excluding carboxylic acids is 1. The van der Waals surface area contributed by atoms with E-state index in [1.54, 1.807) is 18.4 Å². The van der Waals surface area contributed by atoms with Crippen LogP contribution in [0.25, 0.3) is 11.0 Å². The molecule has 0 aliphatic carbocycles. The van der Waals surface area contributed by atoms with Crippen molar-refractivity contribution in [3.63, 3.8) is 0 Å². The first-order valence-corrected chi connectivity index (χ1v) is 12.9. The zero-order valence-electron chi connectivity index (χ0n) is 21.0. The van der Waals surface area contributed by atoms with E-state index in [1.807, 2.05) is 34.1 Å². The molecule has 192 valence electrons. The van der Waals surface area contributed by atoms with E-state index >= 15 is 0 Å². The number of likely N-dealkylation sites (tertiary alicyclic amines) is 1. The zero-order valence-corrected chi connectivity index (χ0v) is 21.0. The van der Waals surface area contributed by atoms with Gasteiger partial charge in [-0.25, -0.2) is 4.39 Å². The van der Waals surface area contributed by atoms with Crippen molar-refractivity contribution < 1.29 is 23.5 Å². The molecule has 0 bridgehead atoms. The Labute approximate surface area is 211 Å². The second-order valence-electron chi connectivity index (χ2n) is 9.70. The van der Waals surface area contributed by atoms with Crippen molar-refractivity contribution in [2.24, 2.45) is 5.92 Å². The largest absolute Gasteiger partial charge is 0.481 e. The molecule has 0 spiro atoms. The van der Waals surface area contributed by atoms with E-state index < -0.39 is 17.9 Å². The Morgan fingerprint density at radius 3 is 2.33 bits per heavy atom. The Hall–Kier alpha value is -3.19. The molecule has 6 nitrogen and oxygen atoms in total. The first kappa shape index (κ1) is 25.9. The van der Waals surface area contributed by atoms with Crippen LogP contribution in [0.3, 0.4) is 0 Å². The van der Waals surface area contributed by atoms with Crippen molar-refractivity contribution in [1.29, 1.82) is 0 Å². The van der Waals surface area contributed by atoms with Gasteiger partial charge in [0, 0.05) is 37.0 Å². The number of amides is 1. The molecular weight excluding hydrogens is 459 g/mol. The number of furan rings is 1. The van der Waals surface area contributed by atoms with Gasteiger partial charge in [-0.1, -0.05) is 44.9 Å². The van der Waals surface area contributed by atoms with E-state index in [1.165, 1.54) is 12.1 Å². The SMILES string of the molecule is CCCCN(CCCC)C(=O)CN1C[C@H](c2ccc3occc3c2)[C@H](C(=O)O)[C@H]1c1ccc(F)cc1. The predicted octanol–water partition coefficient (Wildman–Crippen LogP) is 5.84. The van der Waals surface area contributed by atoms with Crippen molar-refractivity contribution in [2.45, 2.75) is 51.5 Å². The van der Waals surface area contributed by atoms with E-state index in [2.05, 4.69) is 13.8 Å². The number of unbranched alkanes of at least 4 members (excludes halogenated alkanes) is 2. The van der Waals surface area contributed by atoms with E-state index in [0.717, 1.165) is 42.2 Å². The molecule has 4 rings (SSSR count). The Bertz CT molecular complexity index is 1170. The summed E-state index contributed by atoms with van der Waals surface area (Å²) in [7, 11) is 0. The molecular formula is C29H35FN2O4. The minimum atomic E-state index is -0.926. The molecule has 36 heavy (non-hydrogen) atoms. The number of halogens is 1. The lowest BCUT2D eigenvalue weighted by Gasteiger charge is -2.30. The van der Waals surface area contributed by atoms with Crippen LogP contribution < -0.4 is 0 Å². The van der Waals surface area contributed by atoms with E-state index in [9.17, 15) is 19.1 Å². The van der Waals surface area contributed by atoms with Gasteiger partial charge in [-0.3, -0.25) is 14.5 Å². The fraction of sp³-hybridized carbons (Fsp3) is 0.448. The average molecular weight is 495 g/mol. The van der Waals surface area contributed by atoms with Crippen molar-refractivity contribution in [3.8, 4) is 0 Å². The lowest BCUT2D eigenvalue weighted by atomic mass is 9.82. The normalized spacial score (nSPS) is 20.1. The maximum atomic E-state index is 13.7. The van der Waals surface area contributed by atoms with Gasteiger partial charge >= 0.3 is 5.97 Å². The molecule has 7 heteroatoms. The van der Waals surface area contributed by atoms with Crippen LogP contribution in [-0.2, 0) is 9.59 Å². The number of benzene rings is 2. The summed E-state index contributed by atoms with van der Waals surface area (Å²) in [6, 6.07) is 13.1. The van der Waals surface area contributed by atoms with Gasteiger partial charge in [-0.15, -0.1) is 0 Å². The van der Waals surface area contributed by atoms with Gasteiger partial charge in [0.05, 0.1) is 18.7 Å². The molecule has 0 saturated carbocycles. The van der Waals surface area contributed by atoms with Crippen molar-refractivity contribution in [1.82, 2.24) is 9.80 Å². The van der Waals surface area contributed by atoms with Crippen LogP contribution in [-0.4, -0.2) is 53.0 Å². The second-order valence-corrected chi connectivity index (χ2v) is 9.70. The molecule has 1 saturated heterocycles. The topological polar surface area (TPSA) is 74.0 Å². The van der Waals surface area contributed by atoms with Crippen LogP contribution in [0, 0.1) is 11.7 Å². The summed E-state index contributed by atoms with van der Waals surface area (Å²) >= 11 is 0. The number of nitrogens with zero attached hydrogens (tertiary/aromatic N) is 2. The van der Waals surface area contributed by atoms with Gasteiger partial charge in [0.1, 0.15) is 11.4 Å². The molecule has 0 radical (unpaired) electrons. The molecule has 1 aliphatic rings. The summed E-state index contributed by atoms with van der Waals surface area (Å²) in [4.78, 5) is 30.0. The van der Waals surface area contributed by atoms with Crippen molar-refractivity contribution in [3.05, 3.63) is 71.7 Å². The van der Waals surface area contributed by atoms with Gasteiger partial charge in [0.15, 0.2) is 0 Å². The number of carboxylic acid groups (broad SMARTS) is 1. The summed E-state index contributed by atoms with van der Waals surface area (Å²) in [5.41, 5.74) is 2.34. The van der Waals surface area contributed by atoms with Crippen LogP contribution in [0.1, 0.15) is 62.6 Å². The molecule has 3 atom stereocenters. The number of aliphatic carboxylic acids is 1. The van der Waals surface area contributed by atoms with Gasteiger partial charge in [-0.05, 0) is 54.3 Å². The Morgan fingerprint density at radius 2 is 1.69 bits per heavy atom. The molecule has 2 aromatic carbocycles. The number of carboxylic acids is 1. The number of hydrogen-bond acceptors (Lipinski definition) is 4. The number of rotatable bonds is 11. The first-order valence-electron chi connectivity index (χ1n) is 12.9. The van der Waals surface area contributed by atoms with E-state index in [-0.39, 0.29) is 24.2 Å². The first-order chi connectivity index (χ1) is 17.4. The van der Waals surface area contributed by atoms with Gasteiger partial charge in [-0.2, -0.15) is 0 Å². The standard InChI is InChI=1S/C29H35FN2O4/c1-3-5-14-31(15-6-4-2)26(33)19-32-18-24(21-9-12-25-22(17-21)13-16-36-25)27(29(34)35)28(32)20-7-10-23(30)11-8-20/h7-13,16-17,24,27-28H,3-6,14-15,18-19H2,1-2H3,(H,34,35)/t24-,27+,28-/m1/s1. The van der Waals surface area contributed by atoms with Crippen LogP contribution in [0.5, 0.6) is 0 Å². The third kappa shape index (κ3) is 5.62. The molecule has 1 N–H and O–H groups in total. The maximum absolute atomic E-state index is 13.7. The molecule has 1 fully saturated rings. The number of hydrogen-bond donors (Lipinski definition) is 1. The van der Waals surface area contributed by atoms with Crippen LogP contribution in [0.15, 0.2) is 59.2 Å². The monoisotopic (exact) mass is 494 g/mol. The molecule has 3 aromatic rings. The molecule has 1 amide bonds.